The lowest BCUT2D eigenvalue weighted by atomic mass is 10.0. The van der Waals surface area contributed by atoms with Crippen LogP contribution in [0.1, 0.15) is 39.5 Å². The van der Waals surface area contributed by atoms with Crippen LogP contribution in [0.2, 0.25) is 0 Å². The predicted molar refractivity (Wildman–Crippen MR) is 69.0 cm³/mol. The van der Waals surface area contributed by atoms with Gasteiger partial charge in [0, 0.05) is 32.0 Å². The molecule has 0 aliphatic carbocycles. The molecule has 0 spiro atoms. The highest BCUT2D eigenvalue weighted by Gasteiger charge is 2.27. The second-order valence-electron chi connectivity index (χ2n) is 5.54. The van der Waals surface area contributed by atoms with Crippen LogP contribution in [-0.4, -0.2) is 41.0 Å². The molecule has 0 radical (unpaired) electrons. The van der Waals surface area contributed by atoms with E-state index in [1.165, 1.54) is 0 Å². The quantitative estimate of drug-likeness (QED) is 0.744. The van der Waals surface area contributed by atoms with E-state index in [0.29, 0.717) is 31.2 Å². The summed E-state index contributed by atoms with van der Waals surface area (Å²) >= 11 is 0. The highest BCUT2D eigenvalue weighted by molar-refractivity contribution is 5.77. The summed E-state index contributed by atoms with van der Waals surface area (Å²) in [6.45, 7) is 5.46. The second kappa shape index (κ2) is 6.73. The fraction of sp³-hybridized carbons (Fsp3) is 0.846. The van der Waals surface area contributed by atoms with Gasteiger partial charge in [0.1, 0.15) is 0 Å². The van der Waals surface area contributed by atoms with Crippen molar-refractivity contribution in [3.63, 3.8) is 0 Å². The minimum Gasteiger partial charge on any atom is -0.481 e. The molecule has 1 aliphatic rings. The molecule has 1 saturated heterocycles. The molecule has 2 atom stereocenters. The number of carbonyl (C=O) groups is 2. The molecular formula is C13H24N2O3. The highest BCUT2D eigenvalue weighted by atomic mass is 16.4. The van der Waals surface area contributed by atoms with Gasteiger partial charge in [-0.15, -0.1) is 0 Å². The summed E-state index contributed by atoms with van der Waals surface area (Å²) in [6, 6.07) is -0.0874. The third kappa shape index (κ3) is 4.64. The van der Waals surface area contributed by atoms with E-state index in [9.17, 15) is 9.59 Å². The molecule has 0 aromatic heterocycles. The van der Waals surface area contributed by atoms with Gasteiger partial charge in [-0.1, -0.05) is 13.8 Å². The Bertz CT molecular complexity index is 305. The van der Waals surface area contributed by atoms with E-state index >= 15 is 0 Å². The van der Waals surface area contributed by atoms with E-state index in [4.69, 9.17) is 10.8 Å². The molecule has 5 heteroatoms. The summed E-state index contributed by atoms with van der Waals surface area (Å²) in [4.78, 5) is 24.3. The Balaban J connectivity index is 2.32. The number of carbonyl (C=O) groups excluding carboxylic acids is 1. The molecule has 1 heterocycles. The van der Waals surface area contributed by atoms with Crippen LogP contribution in [0.4, 0.5) is 0 Å². The van der Waals surface area contributed by atoms with Crippen molar-refractivity contribution < 1.29 is 14.7 Å². The average molecular weight is 256 g/mol. The molecule has 1 aliphatic heterocycles. The van der Waals surface area contributed by atoms with Crippen molar-refractivity contribution in [3.05, 3.63) is 0 Å². The Kier molecular flexibility index (Phi) is 5.59. The summed E-state index contributed by atoms with van der Waals surface area (Å²) in [7, 11) is 0. The van der Waals surface area contributed by atoms with Crippen molar-refractivity contribution in [3.8, 4) is 0 Å². The maximum atomic E-state index is 12.0. The number of rotatable bonds is 6. The molecule has 1 fully saturated rings. The standard InChI is InChI=1S/C13H24N2O3/c1-9(2)11(14)7-12(16)15-6-5-10(8-15)3-4-13(17)18/h9-11H,3-8,14H2,1-2H3,(H,17,18). The van der Waals surface area contributed by atoms with Crippen LogP contribution in [0.5, 0.6) is 0 Å². The van der Waals surface area contributed by atoms with E-state index < -0.39 is 5.97 Å². The number of nitrogens with zero attached hydrogens (tertiary/aromatic N) is 1. The SMILES string of the molecule is CC(C)C(N)CC(=O)N1CCC(CCC(=O)O)C1. The smallest absolute Gasteiger partial charge is 0.303 e. The van der Waals surface area contributed by atoms with Crippen LogP contribution in [0, 0.1) is 11.8 Å². The van der Waals surface area contributed by atoms with Gasteiger partial charge < -0.3 is 15.7 Å². The van der Waals surface area contributed by atoms with Gasteiger partial charge in [-0.25, -0.2) is 0 Å². The molecule has 0 aromatic rings. The van der Waals surface area contributed by atoms with Crippen LogP contribution in [0.15, 0.2) is 0 Å². The fourth-order valence-electron chi connectivity index (χ4n) is 2.19. The minimum absolute atomic E-state index is 0.0874. The second-order valence-corrected chi connectivity index (χ2v) is 5.54. The van der Waals surface area contributed by atoms with Crippen molar-refractivity contribution in [2.75, 3.05) is 13.1 Å². The first kappa shape index (κ1) is 15.0. The van der Waals surface area contributed by atoms with Crippen LogP contribution in [-0.2, 0) is 9.59 Å². The van der Waals surface area contributed by atoms with E-state index in [1.807, 2.05) is 18.7 Å². The predicted octanol–water partition coefficient (Wildman–Crippen LogP) is 1.07. The maximum Gasteiger partial charge on any atom is 0.303 e. The van der Waals surface area contributed by atoms with Crippen molar-refractivity contribution in [2.45, 2.75) is 45.6 Å². The summed E-state index contributed by atoms with van der Waals surface area (Å²) in [5, 5.41) is 8.63. The third-order valence-corrected chi connectivity index (χ3v) is 3.67. The van der Waals surface area contributed by atoms with Gasteiger partial charge in [0.15, 0.2) is 0 Å². The highest BCUT2D eigenvalue weighted by Crippen LogP contribution is 2.22. The molecule has 0 aromatic carbocycles. The normalized spacial score (nSPS) is 21.3. The van der Waals surface area contributed by atoms with Crippen molar-refractivity contribution >= 4 is 11.9 Å². The lowest BCUT2D eigenvalue weighted by molar-refractivity contribution is -0.137. The van der Waals surface area contributed by atoms with E-state index in [2.05, 4.69) is 0 Å². The number of carboxylic acid groups (broad SMARTS) is 1. The number of carboxylic acids is 1. The molecule has 1 rings (SSSR count). The van der Waals surface area contributed by atoms with Crippen LogP contribution in [0.25, 0.3) is 0 Å². The molecule has 104 valence electrons. The number of hydrogen-bond acceptors (Lipinski definition) is 3. The zero-order valence-electron chi connectivity index (χ0n) is 11.3. The van der Waals surface area contributed by atoms with Crippen molar-refractivity contribution in [1.29, 1.82) is 0 Å². The summed E-state index contributed by atoms with van der Waals surface area (Å²) in [6.07, 6.45) is 2.16. The van der Waals surface area contributed by atoms with Crippen LogP contribution in [0.3, 0.4) is 0 Å². The lowest BCUT2D eigenvalue weighted by Crippen LogP contribution is -2.36. The van der Waals surface area contributed by atoms with Gasteiger partial charge in [-0.2, -0.15) is 0 Å². The molecule has 0 bridgehead atoms. The Hall–Kier alpha value is -1.10. The van der Waals surface area contributed by atoms with Crippen LogP contribution < -0.4 is 5.73 Å². The van der Waals surface area contributed by atoms with Gasteiger partial charge in [0.05, 0.1) is 0 Å². The zero-order chi connectivity index (χ0) is 13.7. The first-order valence-electron chi connectivity index (χ1n) is 6.65. The number of nitrogens with two attached hydrogens (primary N) is 1. The van der Waals surface area contributed by atoms with Gasteiger partial charge in [0.25, 0.3) is 0 Å². The number of amides is 1. The molecular weight excluding hydrogens is 232 g/mol. The summed E-state index contributed by atoms with van der Waals surface area (Å²) in [5.41, 5.74) is 5.89. The first-order chi connectivity index (χ1) is 8.40. The van der Waals surface area contributed by atoms with E-state index in [0.717, 1.165) is 13.0 Å². The third-order valence-electron chi connectivity index (χ3n) is 3.67. The number of hydrogen-bond donors (Lipinski definition) is 2. The zero-order valence-corrected chi connectivity index (χ0v) is 11.3. The average Bonchev–Trinajstić information content (AvgIpc) is 2.74. The van der Waals surface area contributed by atoms with Crippen molar-refractivity contribution in [1.82, 2.24) is 4.90 Å². The van der Waals surface area contributed by atoms with E-state index in [1.54, 1.807) is 0 Å². The van der Waals surface area contributed by atoms with Gasteiger partial charge in [-0.3, -0.25) is 9.59 Å². The lowest BCUT2D eigenvalue weighted by Gasteiger charge is -2.21. The van der Waals surface area contributed by atoms with Gasteiger partial charge in [0.2, 0.25) is 5.91 Å². The van der Waals surface area contributed by atoms with Gasteiger partial charge in [-0.05, 0) is 24.7 Å². The van der Waals surface area contributed by atoms with E-state index in [-0.39, 0.29) is 18.4 Å². The summed E-state index contributed by atoms with van der Waals surface area (Å²) in [5.74, 6) is -0.0182. The van der Waals surface area contributed by atoms with Crippen LogP contribution >= 0.6 is 0 Å². The maximum absolute atomic E-state index is 12.0. The molecule has 3 N–H and O–H groups in total. The molecule has 2 unspecified atom stereocenters. The Labute approximate surface area is 108 Å². The first-order valence-corrected chi connectivity index (χ1v) is 6.65. The summed E-state index contributed by atoms with van der Waals surface area (Å²) < 4.78 is 0. The molecule has 0 saturated carbocycles. The fourth-order valence-corrected chi connectivity index (χ4v) is 2.19. The molecule has 5 nitrogen and oxygen atoms in total. The Morgan fingerprint density at radius 2 is 2.11 bits per heavy atom. The minimum atomic E-state index is -0.762. The molecule has 18 heavy (non-hydrogen) atoms. The molecule has 1 amide bonds. The number of aliphatic carboxylic acids is 1. The number of likely N-dealkylation sites (tertiary alicyclic amines) is 1. The topological polar surface area (TPSA) is 83.6 Å². The van der Waals surface area contributed by atoms with Crippen molar-refractivity contribution in [2.24, 2.45) is 17.6 Å². The Morgan fingerprint density at radius 1 is 1.44 bits per heavy atom. The largest absolute Gasteiger partial charge is 0.481 e. The Morgan fingerprint density at radius 3 is 2.67 bits per heavy atom. The monoisotopic (exact) mass is 256 g/mol. The van der Waals surface area contributed by atoms with Gasteiger partial charge >= 0.3 is 5.97 Å².